The van der Waals surface area contributed by atoms with Crippen LogP contribution in [0.5, 0.6) is 11.5 Å². The van der Waals surface area contributed by atoms with Crippen molar-refractivity contribution in [2.24, 2.45) is 0 Å². The Kier molecular flexibility index (Phi) is 5.28. The third-order valence-corrected chi connectivity index (χ3v) is 3.92. The number of ether oxygens (including phenoxy) is 3. The minimum absolute atomic E-state index is 0.00932. The molecule has 0 N–H and O–H groups in total. The van der Waals surface area contributed by atoms with Gasteiger partial charge in [-0.05, 0) is 42.0 Å². The topological polar surface area (TPSA) is 60.9 Å². The van der Waals surface area contributed by atoms with Gasteiger partial charge in [0.05, 0.1) is 20.3 Å². The van der Waals surface area contributed by atoms with Gasteiger partial charge in [0, 0.05) is 18.9 Å². The Bertz CT molecular complexity index is 660. The van der Waals surface area contributed by atoms with Crippen molar-refractivity contribution >= 4 is 5.91 Å². The highest BCUT2D eigenvalue weighted by atomic mass is 16.5. The Morgan fingerprint density at radius 1 is 1.21 bits per heavy atom. The molecule has 1 saturated heterocycles. The number of nitrogens with zero attached hydrogens (tertiary/aromatic N) is 2. The monoisotopic (exact) mass is 328 g/mol. The Morgan fingerprint density at radius 2 is 1.92 bits per heavy atom. The van der Waals surface area contributed by atoms with Crippen molar-refractivity contribution in [1.82, 2.24) is 9.88 Å². The molecule has 0 radical (unpaired) electrons. The van der Waals surface area contributed by atoms with Crippen LogP contribution in [-0.2, 0) is 9.53 Å². The van der Waals surface area contributed by atoms with Crippen LogP contribution in [0.3, 0.4) is 0 Å². The molecule has 0 spiro atoms. The quantitative estimate of drug-likeness (QED) is 0.841. The lowest BCUT2D eigenvalue weighted by atomic mass is 10.1. The summed E-state index contributed by atoms with van der Waals surface area (Å²) in [7, 11) is 1.61. The van der Waals surface area contributed by atoms with Crippen LogP contribution in [0.1, 0.15) is 11.7 Å². The minimum Gasteiger partial charge on any atom is -0.497 e. The second kappa shape index (κ2) is 7.79. The normalized spacial score (nSPS) is 17.4. The maximum atomic E-state index is 12.4. The summed E-state index contributed by atoms with van der Waals surface area (Å²) in [5, 5.41) is 0. The van der Waals surface area contributed by atoms with Gasteiger partial charge in [-0.25, -0.2) is 0 Å². The standard InChI is InChI=1S/C18H20N2O4/c1-22-15-2-4-16(5-3-15)24-13-18(21)20-10-11-23-17(12-20)14-6-8-19-9-7-14/h2-9,17H,10-13H2,1H3/t17-/m0/s1. The molecule has 2 heterocycles. The zero-order valence-corrected chi connectivity index (χ0v) is 13.6. The summed E-state index contributed by atoms with van der Waals surface area (Å²) in [5.41, 5.74) is 1.03. The van der Waals surface area contributed by atoms with E-state index in [2.05, 4.69) is 4.98 Å². The summed E-state index contributed by atoms with van der Waals surface area (Å²) in [4.78, 5) is 18.2. The van der Waals surface area contributed by atoms with E-state index < -0.39 is 0 Å². The number of rotatable bonds is 5. The van der Waals surface area contributed by atoms with E-state index in [-0.39, 0.29) is 18.6 Å². The molecule has 0 bridgehead atoms. The molecular weight excluding hydrogens is 308 g/mol. The molecule has 2 aromatic rings. The highest BCUT2D eigenvalue weighted by Gasteiger charge is 2.25. The van der Waals surface area contributed by atoms with Crippen LogP contribution in [0.2, 0.25) is 0 Å². The van der Waals surface area contributed by atoms with Crippen molar-refractivity contribution in [3.05, 3.63) is 54.4 Å². The lowest BCUT2D eigenvalue weighted by molar-refractivity contribution is -0.141. The van der Waals surface area contributed by atoms with Gasteiger partial charge in [0.2, 0.25) is 0 Å². The van der Waals surface area contributed by atoms with Crippen molar-refractivity contribution in [3.8, 4) is 11.5 Å². The van der Waals surface area contributed by atoms with Gasteiger partial charge in [-0.2, -0.15) is 0 Å². The molecule has 0 aliphatic carbocycles. The summed E-state index contributed by atoms with van der Waals surface area (Å²) in [6, 6.07) is 11.0. The number of aromatic nitrogens is 1. The molecule has 1 aliphatic rings. The van der Waals surface area contributed by atoms with Gasteiger partial charge in [0.25, 0.3) is 5.91 Å². The van der Waals surface area contributed by atoms with Crippen LogP contribution in [-0.4, -0.2) is 49.2 Å². The average molecular weight is 328 g/mol. The van der Waals surface area contributed by atoms with Gasteiger partial charge in [0.1, 0.15) is 17.6 Å². The number of amides is 1. The maximum absolute atomic E-state index is 12.4. The average Bonchev–Trinajstić information content (AvgIpc) is 2.67. The molecule has 1 fully saturated rings. The van der Waals surface area contributed by atoms with E-state index in [1.165, 1.54) is 0 Å². The number of carbonyl (C=O) groups is 1. The van der Waals surface area contributed by atoms with Crippen LogP contribution < -0.4 is 9.47 Å². The van der Waals surface area contributed by atoms with E-state index >= 15 is 0 Å². The molecule has 1 aromatic heterocycles. The zero-order chi connectivity index (χ0) is 16.8. The predicted molar refractivity (Wildman–Crippen MR) is 88.0 cm³/mol. The molecule has 6 nitrogen and oxygen atoms in total. The number of morpholine rings is 1. The first kappa shape index (κ1) is 16.3. The number of pyridine rings is 1. The smallest absolute Gasteiger partial charge is 0.260 e. The molecule has 0 unspecified atom stereocenters. The molecule has 0 saturated carbocycles. The van der Waals surface area contributed by atoms with E-state index in [1.807, 2.05) is 12.1 Å². The van der Waals surface area contributed by atoms with Crippen LogP contribution in [0.25, 0.3) is 0 Å². The Balaban J connectivity index is 1.54. The van der Waals surface area contributed by atoms with Crippen LogP contribution in [0.15, 0.2) is 48.8 Å². The highest BCUT2D eigenvalue weighted by Crippen LogP contribution is 2.22. The minimum atomic E-state index is -0.119. The Labute approximate surface area is 141 Å². The third-order valence-electron chi connectivity index (χ3n) is 3.92. The largest absolute Gasteiger partial charge is 0.497 e. The highest BCUT2D eigenvalue weighted by molar-refractivity contribution is 5.78. The SMILES string of the molecule is COc1ccc(OCC(=O)N2CCO[C@H](c3ccncc3)C2)cc1. The van der Waals surface area contributed by atoms with Gasteiger partial charge < -0.3 is 19.1 Å². The zero-order valence-electron chi connectivity index (χ0n) is 13.6. The molecule has 24 heavy (non-hydrogen) atoms. The van der Waals surface area contributed by atoms with Gasteiger partial charge >= 0.3 is 0 Å². The molecule has 1 aliphatic heterocycles. The summed E-state index contributed by atoms with van der Waals surface area (Å²) in [6.07, 6.45) is 3.34. The summed E-state index contributed by atoms with van der Waals surface area (Å²) < 4.78 is 16.4. The van der Waals surface area contributed by atoms with Crippen LogP contribution >= 0.6 is 0 Å². The van der Waals surface area contributed by atoms with E-state index in [4.69, 9.17) is 14.2 Å². The van der Waals surface area contributed by atoms with E-state index in [9.17, 15) is 4.79 Å². The van der Waals surface area contributed by atoms with Crippen molar-refractivity contribution in [1.29, 1.82) is 0 Å². The van der Waals surface area contributed by atoms with E-state index in [0.717, 1.165) is 11.3 Å². The first-order valence-corrected chi connectivity index (χ1v) is 7.82. The number of hydrogen-bond donors (Lipinski definition) is 0. The first-order chi connectivity index (χ1) is 11.8. The number of methoxy groups -OCH3 is 1. The third kappa shape index (κ3) is 4.02. The van der Waals surface area contributed by atoms with Gasteiger partial charge in [-0.1, -0.05) is 0 Å². The fourth-order valence-corrected chi connectivity index (χ4v) is 2.56. The van der Waals surface area contributed by atoms with E-state index in [0.29, 0.717) is 25.4 Å². The second-order valence-electron chi connectivity index (χ2n) is 5.44. The Hall–Kier alpha value is -2.60. The van der Waals surface area contributed by atoms with Gasteiger partial charge in [-0.15, -0.1) is 0 Å². The fraction of sp³-hybridized carbons (Fsp3) is 0.333. The van der Waals surface area contributed by atoms with E-state index in [1.54, 1.807) is 48.7 Å². The molecule has 3 rings (SSSR count). The molecular formula is C18H20N2O4. The fourth-order valence-electron chi connectivity index (χ4n) is 2.56. The van der Waals surface area contributed by atoms with Crippen molar-refractivity contribution in [2.45, 2.75) is 6.10 Å². The van der Waals surface area contributed by atoms with Crippen molar-refractivity contribution in [3.63, 3.8) is 0 Å². The summed E-state index contributed by atoms with van der Waals surface area (Å²) in [5.74, 6) is 1.35. The predicted octanol–water partition coefficient (Wildman–Crippen LogP) is 2.07. The lowest BCUT2D eigenvalue weighted by Crippen LogP contribution is -2.44. The molecule has 126 valence electrons. The molecule has 1 aromatic carbocycles. The van der Waals surface area contributed by atoms with Crippen molar-refractivity contribution < 1.29 is 19.0 Å². The van der Waals surface area contributed by atoms with Crippen molar-refractivity contribution in [2.75, 3.05) is 33.4 Å². The maximum Gasteiger partial charge on any atom is 0.260 e. The summed E-state index contributed by atoms with van der Waals surface area (Å²) >= 11 is 0. The Morgan fingerprint density at radius 3 is 2.62 bits per heavy atom. The lowest BCUT2D eigenvalue weighted by Gasteiger charge is -2.33. The second-order valence-corrected chi connectivity index (χ2v) is 5.44. The van der Waals surface area contributed by atoms with Gasteiger partial charge in [0.15, 0.2) is 6.61 Å². The number of hydrogen-bond acceptors (Lipinski definition) is 5. The number of benzene rings is 1. The van der Waals surface area contributed by atoms with Gasteiger partial charge in [-0.3, -0.25) is 9.78 Å². The molecule has 1 amide bonds. The molecule has 1 atom stereocenters. The summed E-state index contributed by atoms with van der Waals surface area (Å²) in [6.45, 7) is 1.62. The first-order valence-electron chi connectivity index (χ1n) is 7.82. The number of carbonyl (C=O) groups excluding carboxylic acids is 1. The molecule has 6 heteroatoms. The van der Waals surface area contributed by atoms with Crippen LogP contribution in [0.4, 0.5) is 0 Å². The van der Waals surface area contributed by atoms with Crippen LogP contribution in [0, 0.1) is 0 Å².